The van der Waals surface area contributed by atoms with Crippen LogP contribution in [0.3, 0.4) is 0 Å². The van der Waals surface area contributed by atoms with Gasteiger partial charge in [-0.05, 0) is 21.8 Å². The van der Waals surface area contributed by atoms with Crippen LogP contribution in [-0.2, 0) is 14.3 Å². The molecule has 4 heteroatoms. The number of hydrogen-bond acceptors (Lipinski definition) is 2. The molecule has 1 aliphatic heterocycles. The van der Waals surface area contributed by atoms with Gasteiger partial charge in [0.1, 0.15) is 0 Å². The molecule has 0 aromatic rings. The van der Waals surface area contributed by atoms with Crippen LogP contribution in [0.4, 0.5) is 0 Å². The van der Waals surface area contributed by atoms with Crippen LogP contribution < -0.4 is 5.32 Å². The summed E-state index contributed by atoms with van der Waals surface area (Å²) < 4.78 is 11.6. The van der Waals surface area contributed by atoms with E-state index in [1.165, 1.54) is 0 Å². The quantitative estimate of drug-likeness (QED) is 0.655. The molecule has 0 radical (unpaired) electrons. The van der Waals surface area contributed by atoms with Crippen molar-refractivity contribution in [1.29, 1.82) is 0 Å². The third kappa shape index (κ3) is 3.01. The maximum Gasteiger partial charge on any atom is 0.225 e. The molecule has 2 unspecified atom stereocenters. The molecule has 2 atom stereocenters. The van der Waals surface area contributed by atoms with Gasteiger partial charge in [-0.2, -0.15) is 0 Å². The summed E-state index contributed by atoms with van der Waals surface area (Å²) in [6.07, 6.45) is 0.796. The van der Waals surface area contributed by atoms with Crippen LogP contribution in [-0.4, -0.2) is 33.5 Å². The van der Waals surface area contributed by atoms with Crippen molar-refractivity contribution in [3.05, 3.63) is 0 Å². The Hall–Kier alpha value is -0.510. The molecule has 0 spiro atoms. The van der Waals surface area contributed by atoms with E-state index in [2.05, 4.69) is 11.2 Å². The molecule has 1 heterocycles. The first kappa shape index (κ1) is 11.6. The van der Waals surface area contributed by atoms with Crippen molar-refractivity contribution >= 4 is 21.3 Å². The van der Waals surface area contributed by atoms with Gasteiger partial charge < -0.3 is 5.32 Å². The number of carbonyl (C=O) groups excluding carboxylic acids is 1. The summed E-state index contributed by atoms with van der Waals surface area (Å²) in [4.78, 5) is 11.6. The van der Waals surface area contributed by atoms with Crippen molar-refractivity contribution in [3.8, 4) is 0 Å². The van der Waals surface area contributed by atoms with Gasteiger partial charge in [-0.15, -0.1) is 0 Å². The zero-order valence-electron chi connectivity index (χ0n) is 9.13. The van der Waals surface area contributed by atoms with Crippen molar-refractivity contribution in [2.75, 3.05) is 11.5 Å². The summed E-state index contributed by atoms with van der Waals surface area (Å²) in [5.41, 5.74) is -0.370. The molecule has 1 rings (SSSR count). The van der Waals surface area contributed by atoms with Crippen LogP contribution in [0.1, 0.15) is 27.2 Å². The van der Waals surface area contributed by atoms with Gasteiger partial charge in [0, 0.05) is 23.0 Å². The fourth-order valence-corrected chi connectivity index (χ4v) is 3.27. The van der Waals surface area contributed by atoms with Crippen molar-refractivity contribution in [1.82, 2.24) is 5.32 Å². The van der Waals surface area contributed by atoms with E-state index in [-0.39, 0.29) is 17.4 Å². The smallest absolute Gasteiger partial charge is 0.225 e. The molecule has 1 N–H and O–H groups in total. The van der Waals surface area contributed by atoms with Gasteiger partial charge in [-0.25, -0.2) is 0 Å². The van der Waals surface area contributed by atoms with Gasteiger partial charge in [0.2, 0.25) is 5.91 Å². The molecular weight excluding hydrogens is 198 g/mol. The Balaban J connectivity index is 2.53. The van der Waals surface area contributed by atoms with Crippen molar-refractivity contribution in [2.24, 2.45) is 5.41 Å². The average molecular weight is 217 g/mol. The first-order valence-electron chi connectivity index (χ1n) is 4.84. The standard InChI is InChI=1S/C10H19NO2S/c1-10(2,3)9(12)11-8-5-6-14(4,13)7-8/h8H,4-7H2,1-3H3,(H,11,12). The Morgan fingerprint density at radius 3 is 2.43 bits per heavy atom. The number of hydrogen-bond donors (Lipinski definition) is 1. The molecule has 1 amide bonds. The van der Waals surface area contributed by atoms with Gasteiger partial charge in [0.25, 0.3) is 0 Å². The molecule has 3 nitrogen and oxygen atoms in total. The van der Waals surface area contributed by atoms with E-state index >= 15 is 0 Å². The summed E-state index contributed by atoms with van der Waals surface area (Å²) in [6, 6.07) is 0.0618. The fraction of sp³-hybridized carbons (Fsp3) is 0.800. The maximum absolute atomic E-state index is 11.6. The Labute approximate surface area is 86.3 Å². The molecule has 1 aliphatic rings. The second-order valence-corrected chi connectivity index (χ2v) is 7.72. The number of nitrogens with one attached hydrogen (secondary N) is 1. The van der Waals surface area contributed by atoms with Gasteiger partial charge in [0.05, 0.1) is 0 Å². The monoisotopic (exact) mass is 217 g/mol. The maximum atomic E-state index is 11.6. The predicted molar refractivity (Wildman–Crippen MR) is 61.0 cm³/mol. The Bertz CT molecular complexity index is 325. The largest absolute Gasteiger partial charge is 0.352 e. The predicted octanol–water partition coefficient (Wildman–Crippen LogP) is 0.637. The topological polar surface area (TPSA) is 46.2 Å². The molecule has 82 valence electrons. The van der Waals surface area contributed by atoms with E-state index in [9.17, 15) is 9.00 Å². The number of rotatable bonds is 1. The lowest BCUT2D eigenvalue weighted by Crippen LogP contribution is -2.42. The minimum Gasteiger partial charge on any atom is -0.352 e. The molecule has 0 bridgehead atoms. The highest BCUT2D eigenvalue weighted by Crippen LogP contribution is 2.16. The summed E-state index contributed by atoms with van der Waals surface area (Å²) in [6.45, 7) is 5.62. The Morgan fingerprint density at radius 1 is 1.50 bits per heavy atom. The third-order valence-electron chi connectivity index (χ3n) is 2.36. The summed E-state index contributed by atoms with van der Waals surface area (Å²) in [7, 11) is -1.90. The Kier molecular flexibility index (Phi) is 2.95. The van der Waals surface area contributed by atoms with E-state index in [1.807, 2.05) is 20.8 Å². The molecule has 0 saturated carbocycles. The van der Waals surface area contributed by atoms with E-state index in [4.69, 9.17) is 0 Å². The first-order valence-corrected chi connectivity index (χ1v) is 6.91. The van der Waals surface area contributed by atoms with Crippen LogP contribution in [0.25, 0.3) is 0 Å². The van der Waals surface area contributed by atoms with Crippen LogP contribution in [0, 0.1) is 5.41 Å². The van der Waals surface area contributed by atoms with Crippen molar-refractivity contribution in [2.45, 2.75) is 33.2 Å². The zero-order valence-corrected chi connectivity index (χ0v) is 9.95. The highest BCUT2D eigenvalue weighted by Gasteiger charge is 2.28. The summed E-state index contributed by atoms with van der Waals surface area (Å²) >= 11 is 0. The molecule has 14 heavy (non-hydrogen) atoms. The van der Waals surface area contributed by atoms with E-state index in [0.29, 0.717) is 11.5 Å². The molecule has 0 aliphatic carbocycles. The van der Waals surface area contributed by atoms with Gasteiger partial charge in [0.15, 0.2) is 0 Å². The van der Waals surface area contributed by atoms with Gasteiger partial charge in [-0.3, -0.25) is 9.00 Å². The van der Waals surface area contributed by atoms with E-state index in [1.54, 1.807) is 0 Å². The highest BCUT2D eigenvalue weighted by molar-refractivity contribution is 8.00. The summed E-state index contributed by atoms with van der Waals surface area (Å²) in [5, 5.41) is 2.92. The molecule has 1 fully saturated rings. The van der Waals surface area contributed by atoms with Crippen molar-refractivity contribution in [3.63, 3.8) is 0 Å². The second-order valence-electron chi connectivity index (χ2n) is 5.05. The molecule has 0 aromatic heterocycles. The number of amides is 1. The third-order valence-corrected chi connectivity index (χ3v) is 4.35. The molecule has 1 saturated heterocycles. The Morgan fingerprint density at radius 2 is 2.07 bits per heavy atom. The minimum atomic E-state index is -1.90. The normalized spacial score (nSPS) is 32.9. The lowest BCUT2D eigenvalue weighted by molar-refractivity contribution is -0.129. The number of carbonyl (C=O) groups is 1. The molecule has 0 aromatic carbocycles. The lowest BCUT2D eigenvalue weighted by Gasteiger charge is -2.20. The van der Waals surface area contributed by atoms with Crippen LogP contribution >= 0.6 is 0 Å². The van der Waals surface area contributed by atoms with Gasteiger partial charge in [-0.1, -0.05) is 20.8 Å². The lowest BCUT2D eigenvalue weighted by atomic mass is 9.95. The average Bonchev–Trinajstić information content (AvgIpc) is 2.28. The van der Waals surface area contributed by atoms with Gasteiger partial charge >= 0.3 is 0 Å². The minimum absolute atomic E-state index is 0.0274. The van der Waals surface area contributed by atoms with Crippen LogP contribution in [0.15, 0.2) is 0 Å². The van der Waals surface area contributed by atoms with Crippen molar-refractivity contribution < 1.29 is 9.00 Å². The van der Waals surface area contributed by atoms with E-state index in [0.717, 1.165) is 6.42 Å². The fourth-order valence-electron chi connectivity index (χ4n) is 1.41. The second kappa shape index (κ2) is 3.57. The first-order chi connectivity index (χ1) is 6.21. The van der Waals surface area contributed by atoms with E-state index < -0.39 is 9.52 Å². The van der Waals surface area contributed by atoms with Crippen LogP contribution in [0.2, 0.25) is 0 Å². The zero-order chi connectivity index (χ0) is 11.0. The SMILES string of the molecule is C=S1(=O)CCC(NC(=O)C(C)(C)C)C1. The molecular formula is C10H19NO2S. The highest BCUT2D eigenvalue weighted by atomic mass is 32.2. The summed E-state index contributed by atoms with van der Waals surface area (Å²) in [5.74, 6) is 4.87. The van der Waals surface area contributed by atoms with Crippen LogP contribution in [0.5, 0.6) is 0 Å².